The van der Waals surface area contributed by atoms with Crippen molar-refractivity contribution in [2.75, 3.05) is 13.7 Å². The van der Waals surface area contributed by atoms with Gasteiger partial charge in [-0.2, -0.15) is 4.98 Å². The molecule has 0 radical (unpaired) electrons. The van der Waals surface area contributed by atoms with Crippen molar-refractivity contribution in [2.45, 2.75) is 58.9 Å². The highest BCUT2D eigenvalue weighted by atomic mass is 35.5. The maximum Gasteiger partial charge on any atom is 0.252 e. The van der Waals surface area contributed by atoms with Crippen LogP contribution in [0.2, 0.25) is 5.02 Å². The van der Waals surface area contributed by atoms with Gasteiger partial charge in [0.1, 0.15) is 6.04 Å². The lowest BCUT2D eigenvalue weighted by atomic mass is 10.0. The van der Waals surface area contributed by atoms with Gasteiger partial charge in [-0.3, -0.25) is 4.79 Å². The molecule has 0 saturated heterocycles. The number of amides is 1. The Morgan fingerprint density at radius 3 is 2.63 bits per heavy atom. The van der Waals surface area contributed by atoms with E-state index in [-0.39, 0.29) is 11.8 Å². The smallest absolute Gasteiger partial charge is 0.252 e. The minimum absolute atomic E-state index is 0.0671. The van der Waals surface area contributed by atoms with E-state index in [1.54, 1.807) is 12.1 Å². The molecule has 1 aromatic heterocycles. The Morgan fingerprint density at radius 1 is 1.30 bits per heavy atom. The van der Waals surface area contributed by atoms with Crippen molar-refractivity contribution >= 4 is 17.5 Å². The monoisotopic (exact) mass is 435 g/mol. The standard InChI is InChI=1S/C22H30ClN3O4/c1-12(2)8-9-29-19-16(23)10-15(11-17(19)28-5)21(27)24-18(13(3)4)22-25-20(26-30-22)14-6-7-14/h10-14,18H,6-9H2,1-5H3,(H,24,27). The van der Waals surface area contributed by atoms with Crippen LogP contribution >= 0.6 is 11.6 Å². The van der Waals surface area contributed by atoms with E-state index in [0.29, 0.717) is 46.4 Å². The van der Waals surface area contributed by atoms with E-state index in [1.165, 1.54) is 7.11 Å². The van der Waals surface area contributed by atoms with Crippen molar-refractivity contribution in [3.05, 3.63) is 34.4 Å². The van der Waals surface area contributed by atoms with Crippen LogP contribution in [-0.4, -0.2) is 29.8 Å². The van der Waals surface area contributed by atoms with Crippen LogP contribution in [0.5, 0.6) is 11.5 Å². The fourth-order valence-corrected chi connectivity index (χ4v) is 3.27. The number of rotatable bonds is 10. The number of ether oxygens (including phenoxy) is 2. The first-order valence-electron chi connectivity index (χ1n) is 10.4. The molecular weight excluding hydrogens is 406 g/mol. The Balaban J connectivity index is 1.76. The third-order valence-electron chi connectivity index (χ3n) is 5.05. The van der Waals surface area contributed by atoms with E-state index in [0.717, 1.165) is 25.1 Å². The molecule has 1 amide bonds. The predicted octanol–water partition coefficient (Wildman–Crippen LogP) is 5.16. The summed E-state index contributed by atoms with van der Waals surface area (Å²) in [5, 5.41) is 7.38. The summed E-state index contributed by atoms with van der Waals surface area (Å²) in [6, 6.07) is 2.82. The van der Waals surface area contributed by atoms with Gasteiger partial charge in [0.2, 0.25) is 5.89 Å². The fourth-order valence-electron chi connectivity index (χ4n) is 3.01. The van der Waals surface area contributed by atoms with Crippen LogP contribution in [0, 0.1) is 11.8 Å². The molecule has 0 spiro atoms. The van der Waals surface area contributed by atoms with Gasteiger partial charge < -0.3 is 19.3 Å². The first kappa shape index (κ1) is 22.4. The summed E-state index contributed by atoms with van der Waals surface area (Å²) in [6.07, 6.45) is 3.06. The van der Waals surface area contributed by atoms with E-state index in [4.69, 9.17) is 25.6 Å². The highest BCUT2D eigenvalue weighted by Crippen LogP contribution is 2.39. The van der Waals surface area contributed by atoms with Gasteiger partial charge in [-0.15, -0.1) is 0 Å². The molecular formula is C22H30ClN3O4. The van der Waals surface area contributed by atoms with Crippen molar-refractivity contribution in [1.29, 1.82) is 0 Å². The molecule has 3 rings (SSSR count). The number of hydrogen-bond donors (Lipinski definition) is 1. The van der Waals surface area contributed by atoms with Crippen LogP contribution in [0.25, 0.3) is 0 Å². The van der Waals surface area contributed by atoms with Gasteiger partial charge in [-0.25, -0.2) is 0 Å². The summed E-state index contributed by atoms with van der Waals surface area (Å²) in [6.45, 7) is 8.75. The molecule has 1 aliphatic rings. The number of nitrogens with zero attached hydrogens (tertiary/aromatic N) is 2. The number of halogens is 1. The number of hydrogen-bond acceptors (Lipinski definition) is 6. The highest BCUT2D eigenvalue weighted by Gasteiger charge is 2.32. The molecule has 1 saturated carbocycles. The second-order valence-corrected chi connectivity index (χ2v) is 8.89. The van der Waals surface area contributed by atoms with Crippen LogP contribution in [0.3, 0.4) is 0 Å². The summed E-state index contributed by atoms with van der Waals surface area (Å²) < 4.78 is 16.7. The highest BCUT2D eigenvalue weighted by molar-refractivity contribution is 6.32. The number of aromatic nitrogens is 2. The molecule has 1 N–H and O–H groups in total. The Bertz CT molecular complexity index is 877. The minimum atomic E-state index is -0.399. The first-order valence-corrected chi connectivity index (χ1v) is 10.8. The van der Waals surface area contributed by atoms with E-state index in [2.05, 4.69) is 29.3 Å². The number of carbonyl (C=O) groups excluding carboxylic acids is 1. The van der Waals surface area contributed by atoms with Crippen molar-refractivity contribution in [1.82, 2.24) is 15.5 Å². The van der Waals surface area contributed by atoms with Crippen LogP contribution in [0.1, 0.15) is 81.0 Å². The van der Waals surface area contributed by atoms with Gasteiger partial charge in [0.15, 0.2) is 17.3 Å². The molecule has 1 aromatic carbocycles. The average Bonchev–Trinajstić information content (AvgIpc) is 3.43. The zero-order valence-electron chi connectivity index (χ0n) is 18.2. The Morgan fingerprint density at radius 2 is 2.03 bits per heavy atom. The molecule has 1 heterocycles. The van der Waals surface area contributed by atoms with Gasteiger partial charge in [-0.1, -0.05) is 44.5 Å². The number of benzene rings is 1. The van der Waals surface area contributed by atoms with Gasteiger partial charge >= 0.3 is 0 Å². The fraction of sp³-hybridized carbons (Fsp3) is 0.591. The molecule has 164 valence electrons. The maximum atomic E-state index is 13.0. The quantitative estimate of drug-likeness (QED) is 0.554. The molecule has 1 fully saturated rings. The molecule has 8 heteroatoms. The van der Waals surface area contributed by atoms with E-state index in [9.17, 15) is 4.79 Å². The van der Waals surface area contributed by atoms with Gasteiger partial charge in [-0.05, 0) is 43.2 Å². The zero-order valence-corrected chi connectivity index (χ0v) is 19.0. The topological polar surface area (TPSA) is 86.5 Å². The van der Waals surface area contributed by atoms with E-state index < -0.39 is 6.04 Å². The van der Waals surface area contributed by atoms with Gasteiger partial charge in [0.05, 0.1) is 18.7 Å². The number of carbonyl (C=O) groups is 1. The maximum absolute atomic E-state index is 13.0. The lowest BCUT2D eigenvalue weighted by Crippen LogP contribution is -2.32. The lowest BCUT2D eigenvalue weighted by molar-refractivity contribution is 0.0913. The molecule has 2 aromatic rings. The van der Waals surface area contributed by atoms with Gasteiger partial charge in [0.25, 0.3) is 5.91 Å². The van der Waals surface area contributed by atoms with Crippen LogP contribution in [-0.2, 0) is 0 Å². The Kier molecular flexibility index (Phi) is 7.23. The molecule has 1 aliphatic carbocycles. The predicted molar refractivity (Wildman–Crippen MR) is 114 cm³/mol. The third-order valence-corrected chi connectivity index (χ3v) is 5.33. The van der Waals surface area contributed by atoms with Crippen molar-refractivity contribution < 1.29 is 18.8 Å². The lowest BCUT2D eigenvalue weighted by Gasteiger charge is -2.19. The first-order chi connectivity index (χ1) is 14.3. The van der Waals surface area contributed by atoms with E-state index in [1.807, 2.05) is 13.8 Å². The van der Waals surface area contributed by atoms with Gasteiger partial charge in [0, 0.05) is 11.5 Å². The molecule has 30 heavy (non-hydrogen) atoms. The second-order valence-electron chi connectivity index (χ2n) is 8.48. The summed E-state index contributed by atoms with van der Waals surface area (Å²) in [5.74, 6) is 2.68. The van der Waals surface area contributed by atoms with Crippen molar-refractivity contribution in [3.8, 4) is 11.5 Å². The minimum Gasteiger partial charge on any atom is -0.493 e. The summed E-state index contributed by atoms with van der Waals surface area (Å²) in [4.78, 5) is 17.5. The van der Waals surface area contributed by atoms with Crippen molar-refractivity contribution in [2.24, 2.45) is 11.8 Å². The zero-order chi connectivity index (χ0) is 21.8. The molecule has 0 bridgehead atoms. The average molecular weight is 436 g/mol. The number of nitrogens with one attached hydrogen (secondary N) is 1. The summed E-state index contributed by atoms with van der Waals surface area (Å²) >= 11 is 6.41. The van der Waals surface area contributed by atoms with Crippen LogP contribution in [0.15, 0.2) is 16.7 Å². The molecule has 1 atom stereocenters. The molecule has 7 nitrogen and oxygen atoms in total. The Labute approximate surface area is 182 Å². The van der Waals surface area contributed by atoms with Crippen LogP contribution < -0.4 is 14.8 Å². The number of methoxy groups -OCH3 is 1. The van der Waals surface area contributed by atoms with Crippen molar-refractivity contribution in [3.63, 3.8) is 0 Å². The Hall–Kier alpha value is -2.28. The van der Waals surface area contributed by atoms with Crippen LogP contribution in [0.4, 0.5) is 0 Å². The summed E-state index contributed by atoms with van der Waals surface area (Å²) in [5.41, 5.74) is 0.376. The molecule has 0 aliphatic heterocycles. The van der Waals surface area contributed by atoms with E-state index >= 15 is 0 Å². The molecule has 1 unspecified atom stereocenters. The second kappa shape index (κ2) is 9.69. The SMILES string of the molecule is COc1cc(C(=O)NC(c2nc(C3CC3)no2)C(C)C)cc(Cl)c1OCCC(C)C. The summed E-state index contributed by atoms with van der Waals surface area (Å²) in [7, 11) is 1.53. The largest absolute Gasteiger partial charge is 0.493 e. The normalized spacial score (nSPS) is 14.8. The third kappa shape index (κ3) is 5.45.